The Balaban J connectivity index is 1.55. The van der Waals surface area contributed by atoms with Crippen molar-refractivity contribution in [1.82, 2.24) is 29.2 Å². The van der Waals surface area contributed by atoms with Crippen LogP contribution in [0.2, 0.25) is 0 Å². The molecule has 2 aromatic carbocycles. The highest BCUT2D eigenvalue weighted by Gasteiger charge is 2.19. The van der Waals surface area contributed by atoms with Crippen LogP contribution in [-0.2, 0) is 13.6 Å². The Kier molecular flexibility index (Phi) is 6.52. The highest BCUT2D eigenvalue weighted by Crippen LogP contribution is 2.28. The van der Waals surface area contributed by atoms with Gasteiger partial charge in [-0.1, -0.05) is 44.2 Å². The van der Waals surface area contributed by atoms with E-state index >= 15 is 0 Å². The summed E-state index contributed by atoms with van der Waals surface area (Å²) in [5.41, 5.74) is 5.68. The first kappa shape index (κ1) is 23.7. The molecule has 8 nitrogen and oxygen atoms in total. The number of likely N-dealkylation sites (N-methyl/N-ethyl adjacent to an activating group) is 1. The molecule has 0 spiro atoms. The van der Waals surface area contributed by atoms with Gasteiger partial charge in [-0.05, 0) is 44.3 Å². The number of hydrogen-bond acceptors (Lipinski definition) is 5. The van der Waals surface area contributed by atoms with Crippen molar-refractivity contribution in [3.63, 3.8) is 0 Å². The highest BCUT2D eigenvalue weighted by atomic mass is 16.1. The first-order valence-electron chi connectivity index (χ1n) is 12.4. The van der Waals surface area contributed by atoms with E-state index in [4.69, 9.17) is 9.97 Å². The van der Waals surface area contributed by atoms with Gasteiger partial charge >= 0.3 is 0 Å². The fourth-order valence-corrected chi connectivity index (χ4v) is 4.70. The Hall–Kier alpha value is -4.04. The molecular formula is C28H31N7O. The summed E-state index contributed by atoms with van der Waals surface area (Å²) < 4.78 is 3.86. The molecule has 0 unspecified atom stereocenters. The zero-order valence-corrected chi connectivity index (χ0v) is 21.2. The number of carbonyl (C=O) groups is 1. The third-order valence-electron chi connectivity index (χ3n) is 6.66. The summed E-state index contributed by atoms with van der Waals surface area (Å²) in [6.45, 7) is 9.83. The van der Waals surface area contributed by atoms with Crippen molar-refractivity contribution in [2.24, 2.45) is 7.05 Å². The molecule has 1 N–H and O–H groups in total. The van der Waals surface area contributed by atoms with Gasteiger partial charge in [0.15, 0.2) is 0 Å². The van der Waals surface area contributed by atoms with Crippen molar-refractivity contribution >= 4 is 33.8 Å². The second-order valence-electron chi connectivity index (χ2n) is 8.93. The van der Waals surface area contributed by atoms with Crippen LogP contribution >= 0.6 is 0 Å². The topological polar surface area (TPSA) is 80.9 Å². The first-order valence-corrected chi connectivity index (χ1v) is 12.4. The molecule has 0 atom stereocenters. The van der Waals surface area contributed by atoms with Gasteiger partial charge in [-0.25, -0.2) is 9.97 Å². The molecule has 5 rings (SSSR count). The first-order chi connectivity index (χ1) is 17.5. The molecule has 0 radical (unpaired) electrons. The molecule has 3 heterocycles. The molecule has 8 heteroatoms. The minimum absolute atomic E-state index is 0.212. The van der Waals surface area contributed by atoms with E-state index in [1.54, 1.807) is 4.68 Å². The lowest BCUT2D eigenvalue weighted by atomic mass is 10.0. The monoisotopic (exact) mass is 481 g/mol. The van der Waals surface area contributed by atoms with Gasteiger partial charge in [-0.15, -0.1) is 0 Å². The summed E-state index contributed by atoms with van der Waals surface area (Å²) in [5, 5.41) is 8.36. The van der Waals surface area contributed by atoms with Crippen molar-refractivity contribution in [2.45, 2.75) is 27.3 Å². The summed E-state index contributed by atoms with van der Waals surface area (Å²) in [6.07, 6.45) is 1.93. The predicted octanol–water partition coefficient (Wildman–Crippen LogP) is 4.89. The van der Waals surface area contributed by atoms with Crippen LogP contribution in [0, 0.1) is 6.92 Å². The fraction of sp³-hybridized carbons (Fsp3) is 0.286. The molecule has 0 aliphatic heterocycles. The van der Waals surface area contributed by atoms with Gasteiger partial charge in [-0.3, -0.25) is 14.8 Å². The molecule has 0 bridgehead atoms. The molecule has 0 aliphatic carbocycles. The minimum atomic E-state index is -0.212. The lowest BCUT2D eigenvalue weighted by molar-refractivity contribution is 0.102. The average Bonchev–Trinajstić information content (AvgIpc) is 3.41. The summed E-state index contributed by atoms with van der Waals surface area (Å²) in [7, 11) is 1.88. The number of amides is 1. The van der Waals surface area contributed by atoms with E-state index in [1.165, 1.54) is 0 Å². The standard InChI is InChI=1S/C28H31N7O/c1-5-34(6-2)15-16-35-26-14-10-9-13-24(26)30-28(35)31-27(36)21-17-25(22-18-33(4)32-19(22)3)29-23-12-8-7-11-20(21)23/h7-14,17-18H,5-6,15-16H2,1-4H3,(H,30,31,36). The third-order valence-corrected chi connectivity index (χ3v) is 6.66. The van der Waals surface area contributed by atoms with Crippen LogP contribution in [0.5, 0.6) is 0 Å². The largest absolute Gasteiger partial charge is 0.309 e. The zero-order chi connectivity index (χ0) is 25.2. The number of carbonyl (C=O) groups excluding carboxylic acids is 1. The highest BCUT2D eigenvalue weighted by molar-refractivity contribution is 6.13. The molecular weight excluding hydrogens is 450 g/mol. The number of aromatic nitrogens is 5. The van der Waals surface area contributed by atoms with Crippen molar-refractivity contribution in [1.29, 1.82) is 0 Å². The summed E-state index contributed by atoms with van der Waals surface area (Å²) in [4.78, 5) is 25.7. The van der Waals surface area contributed by atoms with E-state index in [0.29, 0.717) is 11.5 Å². The van der Waals surface area contributed by atoms with Crippen LogP contribution < -0.4 is 5.32 Å². The number of anilines is 1. The lowest BCUT2D eigenvalue weighted by Crippen LogP contribution is -2.27. The number of nitrogens with zero attached hydrogens (tertiary/aromatic N) is 6. The number of hydrogen-bond donors (Lipinski definition) is 1. The van der Waals surface area contributed by atoms with E-state index in [-0.39, 0.29) is 5.91 Å². The van der Waals surface area contributed by atoms with E-state index in [0.717, 1.165) is 65.1 Å². The summed E-state index contributed by atoms with van der Waals surface area (Å²) >= 11 is 0. The number of pyridine rings is 1. The number of fused-ring (bicyclic) bond motifs is 2. The summed E-state index contributed by atoms with van der Waals surface area (Å²) in [5.74, 6) is 0.337. The van der Waals surface area contributed by atoms with Crippen LogP contribution in [-0.4, -0.2) is 54.8 Å². The molecule has 0 fully saturated rings. The van der Waals surface area contributed by atoms with Crippen molar-refractivity contribution in [3.8, 4) is 11.3 Å². The van der Waals surface area contributed by atoms with E-state index < -0.39 is 0 Å². The van der Waals surface area contributed by atoms with Crippen LogP contribution in [0.4, 0.5) is 5.95 Å². The smallest absolute Gasteiger partial charge is 0.258 e. The Morgan fingerprint density at radius 1 is 1.00 bits per heavy atom. The van der Waals surface area contributed by atoms with Gasteiger partial charge in [0.25, 0.3) is 5.91 Å². The van der Waals surface area contributed by atoms with Gasteiger partial charge in [0.2, 0.25) is 5.95 Å². The van der Waals surface area contributed by atoms with Gasteiger partial charge in [0.05, 0.1) is 33.5 Å². The quantitative estimate of drug-likeness (QED) is 0.341. The molecule has 0 aliphatic rings. The molecule has 1 amide bonds. The maximum atomic E-state index is 13.8. The number of rotatable bonds is 8. The van der Waals surface area contributed by atoms with E-state index in [1.807, 2.05) is 74.8 Å². The van der Waals surface area contributed by atoms with Gasteiger partial charge < -0.3 is 9.47 Å². The number of nitrogens with one attached hydrogen (secondary N) is 1. The Morgan fingerprint density at radius 3 is 2.44 bits per heavy atom. The Labute approximate surface area is 210 Å². The van der Waals surface area contributed by atoms with Gasteiger partial charge in [-0.2, -0.15) is 5.10 Å². The number of benzene rings is 2. The average molecular weight is 482 g/mol. The van der Waals surface area contributed by atoms with Crippen molar-refractivity contribution < 1.29 is 4.79 Å². The van der Waals surface area contributed by atoms with Crippen LogP contribution in [0.25, 0.3) is 33.2 Å². The molecule has 0 saturated heterocycles. The second kappa shape index (κ2) is 9.91. The molecule has 184 valence electrons. The van der Waals surface area contributed by atoms with Crippen LogP contribution in [0.3, 0.4) is 0 Å². The molecule has 0 saturated carbocycles. The Morgan fingerprint density at radius 2 is 1.72 bits per heavy atom. The van der Waals surface area contributed by atoms with E-state index in [2.05, 4.69) is 33.7 Å². The van der Waals surface area contributed by atoms with Gasteiger partial charge in [0.1, 0.15) is 0 Å². The fourth-order valence-electron chi connectivity index (χ4n) is 4.70. The number of imidazole rings is 1. The molecule has 5 aromatic rings. The maximum Gasteiger partial charge on any atom is 0.258 e. The minimum Gasteiger partial charge on any atom is -0.309 e. The van der Waals surface area contributed by atoms with Gasteiger partial charge in [0, 0.05) is 37.3 Å². The normalized spacial score (nSPS) is 11.6. The maximum absolute atomic E-state index is 13.8. The second-order valence-corrected chi connectivity index (χ2v) is 8.93. The zero-order valence-electron chi connectivity index (χ0n) is 21.2. The van der Waals surface area contributed by atoms with Crippen molar-refractivity contribution in [2.75, 3.05) is 25.0 Å². The SMILES string of the molecule is CCN(CC)CCn1c(NC(=O)c2cc(-c3cn(C)nc3C)nc3ccccc23)nc2ccccc21. The number of aryl methyl sites for hydroxylation is 2. The summed E-state index contributed by atoms with van der Waals surface area (Å²) in [6, 6.07) is 17.6. The number of para-hydroxylation sites is 3. The predicted molar refractivity (Wildman–Crippen MR) is 144 cm³/mol. The van der Waals surface area contributed by atoms with Crippen LogP contribution in [0.1, 0.15) is 29.9 Å². The van der Waals surface area contributed by atoms with E-state index in [9.17, 15) is 4.79 Å². The third kappa shape index (κ3) is 4.47. The van der Waals surface area contributed by atoms with Crippen molar-refractivity contribution in [3.05, 3.63) is 72.1 Å². The lowest BCUT2D eigenvalue weighted by Gasteiger charge is -2.19. The molecule has 3 aromatic heterocycles. The molecule has 36 heavy (non-hydrogen) atoms. The Bertz CT molecular complexity index is 1540. The van der Waals surface area contributed by atoms with Crippen LogP contribution in [0.15, 0.2) is 60.8 Å².